The van der Waals surface area contributed by atoms with Crippen molar-refractivity contribution in [3.8, 4) is 0 Å². The van der Waals surface area contributed by atoms with Crippen LogP contribution in [0.3, 0.4) is 0 Å². The third-order valence-electron chi connectivity index (χ3n) is 3.99. The number of piperidine rings is 1. The molecule has 0 aromatic rings. The summed E-state index contributed by atoms with van der Waals surface area (Å²) in [5.41, 5.74) is -0.417. The summed E-state index contributed by atoms with van der Waals surface area (Å²) in [6.45, 7) is 1.71. The van der Waals surface area contributed by atoms with E-state index in [9.17, 15) is 4.79 Å². The molecule has 4 atom stereocenters. The monoisotopic (exact) mass is 209 g/mol. The maximum absolute atomic E-state index is 12.0. The Bertz CT molecular complexity index is 328. The van der Waals surface area contributed by atoms with E-state index in [0.717, 1.165) is 19.5 Å². The average molecular weight is 209 g/mol. The molecule has 3 aliphatic rings. The van der Waals surface area contributed by atoms with Crippen LogP contribution < -0.4 is 5.32 Å². The molecule has 2 bridgehead atoms. The summed E-state index contributed by atoms with van der Waals surface area (Å²) in [5, 5.41) is 3.32. The SMILES string of the molecule is COC(=O)C12CCNCC1C1C=CC2O1. The lowest BCUT2D eigenvalue weighted by Crippen LogP contribution is -2.54. The third-order valence-corrected chi connectivity index (χ3v) is 3.99. The lowest BCUT2D eigenvalue weighted by atomic mass is 9.65. The van der Waals surface area contributed by atoms with Crippen LogP contribution in [0.4, 0.5) is 0 Å². The maximum atomic E-state index is 12.0. The Labute approximate surface area is 88.6 Å². The summed E-state index contributed by atoms with van der Waals surface area (Å²) < 4.78 is 10.8. The quantitative estimate of drug-likeness (QED) is 0.491. The van der Waals surface area contributed by atoms with E-state index in [1.54, 1.807) is 0 Å². The number of esters is 1. The molecule has 0 aromatic heterocycles. The van der Waals surface area contributed by atoms with Crippen molar-refractivity contribution in [1.29, 1.82) is 0 Å². The first-order chi connectivity index (χ1) is 7.29. The van der Waals surface area contributed by atoms with Gasteiger partial charge in [0.1, 0.15) is 5.41 Å². The Balaban J connectivity index is 2.02. The van der Waals surface area contributed by atoms with Crippen molar-refractivity contribution < 1.29 is 14.3 Å². The Hall–Kier alpha value is -0.870. The molecule has 3 heterocycles. The fourth-order valence-electron chi connectivity index (χ4n) is 3.23. The highest BCUT2D eigenvalue weighted by Gasteiger charge is 2.63. The van der Waals surface area contributed by atoms with Gasteiger partial charge in [-0.05, 0) is 13.0 Å². The second-order valence-corrected chi connectivity index (χ2v) is 4.50. The van der Waals surface area contributed by atoms with Crippen molar-refractivity contribution in [2.45, 2.75) is 18.6 Å². The summed E-state index contributed by atoms with van der Waals surface area (Å²) in [7, 11) is 1.46. The number of carbonyl (C=O) groups excluding carboxylic acids is 1. The summed E-state index contributed by atoms with van der Waals surface area (Å²) in [5.74, 6) is 0.138. The number of hydrogen-bond acceptors (Lipinski definition) is 4. The average Bonchev–Trinajstić information content (AvgIpc) is 2.88. The van der Waals surface area contributed by atoms with E-state index < -0.39 is 5.41 Å². The Kier molecular flexibility index (Phi) is 1.91. The third kappa shape index (κ3) is 1.01. The summed E-state index contributed by atoms with van der Waals surface area (Å²) in [4.78, 5) is 12.0. The minimum atomic E-state index is -0.417. The van der Waals surface area contributed by atoms with E-state index in [1.165, 1.54) is 7.11 Å². The molecule has 0 radical (unpaired) electrons. The van der Waals surface area contributed by atoms with Gasteiger partial charge in [0.15, 0.2) is 0 Å². The Morgan fingerprint density at radius 1 is 1.60 bits per heavy atom. The van der Waals surface area contributed by atoms with Crippen LogP contribution in [0.2, 0.25) is 0 Å². The number of fused-ring (bicyclic) bond motifs is 5. The number of hydrogen-bond donors (Lipinski definition) is 1. The first kappa shape index (κ1) is 9.36. The van der Waals surface area contributed by atoms with Gasteiger partial charge in [-0.3, -0.25) is 4.79 Å². The van der Waals surface area contributed by atoms with Crippen molar-refractivity contribution in [1.82, 2.24) is 5.32 Å². The van der Waals surface area contributed by atoms with Gasteiger partial charge < -0.3 is 14.8 Å². The summed E-state index contributed by atoms with van der Waals surface area (Å²) >= 11 is 0. The van der Waals surface area contributed by atoms with Gasteiger partial charge in [-0.15, -0.1) is 0 Å². The fraction of sp³-hybridized carbons (Fsp3) is 0.727. The predicted molar refractivity (Wildman–Crippen MR) is 53.2 cm³/mol. The van der Waals surface area contributed by atoms with Crippen molar-refractivity contribution in [3.05, 3.63) is 12.2 Å². The highest BCUT2D eigenvalue weighted by molar-refractivity contribution is 5.80. The lowest BCUT2D eigenvalue weighted by molar-refractivity contribution is -0.158. The summed E-state index contributed by atoms with van der Waals surface area (Å²) in [6.07, 6.45) is 4.94. The van der Waals surface area contributed by atoms with Crippen LogP contribution in [0.15, 0.2) is 12.2 Å². The number of nitrogens with one attached hydrogen (secondary N) is 1. The van der Waals surface area contributed by atoms with Gasteiger partial charge in [-0.25, -0.2) is 0 Å². The van der Waals surface area contributed by atoms with Crippen LogP contribution in [0, 0.1) is 11.3 Å². The van der Waals surface area contributed by atoms with E-state index >= 15 is 0 Å². The molecule has 0 aromatic carbocycles. The molecule has 2 fully saturated rings. The van der Waals surface area contributed by atoms with Crippen molar-refractivity contribution >= 4 is 5.97 Å². The van der Waals surface area contributed by atoms with E-state index in [1.807, 2.05) is 6.08 Å². The van der Waals surface area contributed by atoms with Gasteiger partial charge in [0.2, 0.25) is 0 Å². The number of methoxy groups -OCH3 is 1. The standard InChI is InChI=1S/C11H15NO3/c1-14-10(13)11-4-5-12-6-7(11)8-2-3-9(11)15-8/h2-3,7-9,12H,4-6H2,1H3. The van der Waals surface area contributed by atoms with E-state index in [2.05, 4.69) is 11.4 Å². The van der Waals surface area contributed by atoms with Gasteiger partial charge in [-0.1, -0.05) is 12.2 Å². The van der Waals surface area contributed by atoms with E-state index in [-0.39, 0.29) is 24.1 Å². The number of carbonyl (C=O) groups is 1. The second-order valence-electron chi connectivity index (χ2n) is 4.50. The molecule has 15 heavy (non-hydrogen) atoms. The molecular weight excluding hydrogens is 194 g/mol. The van der Waals surface area contributed by atoms with Crippen LogP contribution >= 0.6 is 0 Å². The molecular formula is C11H15NO3. The molecule has 4 nitrogen and oxygen atoms in total. The molecule has 0 amide bonds. The van der Waals surface area contributed by atoms with Gasteiger partial charge in [0.25, 0.3) is 0 Å². The molecule has 3 aliphatic heterocycles. The van der Waals surface area contributed by atoms with E-state index in [0.29, 0.717) is 0 Å². The minimum absolute atomic E-state index is 0.0675. The second kappa shape index (κ2) is 3.06. The Morgan fingerprint density at radius 3 is 3.27 bits per heavy atom. The molecule has 3 rings (SSSR count). The van der Waals surface area contributed by atoms with Gasteiger partial charge in [0, 0.05) is 12.5 Å². The van der Waals surface area contributed by atoms with Crippen LogP contribution in [0.1, 0.15) is 6.42 Å². The van der Waals surface area contributed by atoms with Crippen LogP contribution in [0.25, 0.3) is 0 Å². The van der Waals surface area contributed by atoms with Crippen molar-refractivity contribution in [2.24, 2.45) is 11.3 Å². The smallest absolute Gasteiger partial charge is 0.315 e. The number of ether oxygens (including phenoxy) is 2. The largest absolute Gasteiger partial charge is 0.468 e. The fourth-order valence-corrected chi connectivity index (χ4v) is 3.23. The lowest BCUT2D eigenvalue weighted by Gasteiger charge is -2.40. The van der Waals surface area contributed by atoms with Crippen LogP contribution in [-0.4, -0.2) is 38.4 Å². The molecule has 1 N–H and O–H groups in total. The zero-order chi connectivity index (χ0) is 10.5. The highest BCUT2D eigenvalue weighted by atomic mass is 16.5. The Morgan fingerprint density at radius 2 is 2.47 bits per heavy atom. The zero-order valence-electron chi connectivity index (χ0n) is 8.73. The summed E-state index contributed by atoms with van der Waals surface area (Å²) in [6, 6.07) is 0. The van der Waals surface area contributed by atoms with Gasteiger partial charge in [0.05, 0.1) is 19.3 Å². The molecule has 2 saturated heterocycles. The molecule has 82 valence electrons. The van der Waals surface area contributed by atoms with Crippen molar-refractivity contribution in [3.63, 3.8) is 0 Å². The first-order valence-corrected chi connectivity index (χ1v) is 5.42. The number of rotatable bonds is 1. The zero-order valence-corrected chi connectivity index (χ0v) is 8.73. The van der Waals surface area contributed by atoms with Gasteiger partial charge in [-0.2, -0.15) is 0 Å². The van der Waals surface area contributed by atoms with Crippen LogP contribution in [-0.2, 0) is 14.3 Å². The maximum Gasteiger partial charge on any atom is 0.315 e. The molecule has 4 heteroatoms. The molecule has 0 saturated carbocycles. The molecule has 0 aliphatic carbocycles. The van der Waals surface area contributed by atoms with Gasteiger partial charge >= 0.3 is 5.97 Å². The normalized spacial score (nSPS) is 46.6. The molecule has 4 unspecified atom stereocenters. The molecule has 0 spiro atoms. The predicted octanol–water partition coefficient (Wildman–Crippen LogP) is 0.0925. The highest BCUT2D eigenvalue weighted by Crippen LogP contribution is 2.52. The minimum Gasteiger partial charge on any atom is -0.468 e. The van der Waals surface area contributed by atoms with Crippen molar-refractivity contribution in [2.75, 3.05) is 20.2 Å². The topological polar surface area (TPSA) is 47.6 Å². The van der Waals surface area contributed by atoms with E-state index in [4.69, 9.17) is 9.47 Å². The first-order valence-electron chi connectivity index (χ1n) is 5.42. The van der Waals surface area contributed by atoms with Crippen LogP contribution in [0.5, 0.6) is 0 Å².